The normalized spacial score (nSPS) is 12.0. The second kappa shape index (κ2) is 6.14. The largest absolute Gasteiger partial charge is 0.468 e. The van der Waals surface area contributed by atoms with Crippen LogP contribution in [0.2, 0.25) is 0 Å². The minimum atomic E-state index is 0.0797. The van der Waals surface area contributed by atoms with Crippen LogP contribution in [0.15, 0.2) is 47.1 Å². The van der Waals surface area contributed by atoms with Gasteiger partial charge in [0.15, 0.2) is 0 Å². The van der Waals surface area contributed by atoms with E-state index in [1.165, 1.54) is 5.56 Å². The van der Waals surface area contributed by atoms with E-state index < -0.39 is 0 Å². The molecule has 0 spiro atoms. The zero-order chi connectivity index (χ0) is 14.6. The summed E-state index contributed by atoms with van der Waals surface area (Å²) in [5.74, 6) is 1.01. The quantitative estimate of drug-likeness (QED) is 0.816. The Morgan fingerprint density at radius 1 is 1.15 bits per heavy atom. The number of furan rings is 1. The van der Waals surface area contributed by atoms with Crippen LogP contribution in [0.3, 0.4) is 0 Å². The van der Waals surface area contributed by atoms with Gasteiger partial charge in [-0.3, -0.25) is 4.90 Å². The molecule has 2 N–H and O–H groups in total. The van der Waals surface area contributed by atoms with Crippen LogP contribution >= 0.6 is 0 Å². The van der Waals surface area contributed by atoms with Crippen molar-refractivity contribution in [2.24, 2.45) is 0 Å². The van der Waals surface area contributed by atoms with Gasteiger partial charge in [-0.25, -0.2) is 0 Å². The first kappa shape index (κ1) is 14.7. The number of likely N-dealkylation sites (N-methyl/N-ethyl adjacent to an activating group) is 1. The molecule has 0 aliphatic heterocycles. The van der Waals surface area contributed by atoms with Crippen molar-refractivity contribution in [3.8, 4) is 0 Å². The number of anilines is 1. The fraction of sp³-hybridized carbons (Fsp3) is 0.412. The van der Waals surface area contributed by atoms with Gasteiger partial charge >= 0.3 is 0 Å². The molecule has 2 aromatic rings. The molecular weight excluding hydrogens is 248 g/mol. The molecule has 2 rings (SSSR count). The highest BCUT2D eigenvalue weighted by molar-refractivity contribution is 5.41. The second-order valence-electron chi connectivity index (χ2n) is 5.89. The molecule has 3 nitrogen and oxygen atoms in total. The average Bonchev–Trinajstić information content (AvgIpc) is 2.91. The molecule has 0 atom stereocenters. The van der Waals surface area contributed by atoms with Gasteiger partial charge in [0, 0.05) is 17.6 Å². The maximum Gasteiger partial charge on any atom is 0.117 e. The van der Waals surface area contributed by atoms with E-state index in [0.717, 1.165) is 31.1 Å². The number of nitrogens with zero attached hydrogens (tertiary/aromatic N) is 1. The summed E-state index contributed by atoms with van der Waals surface area (Å²) in [5, 5.41) is 0. The third-order valence-electron chi connectivity index (χ3n) is 3.72. The maximum atomic E-state index is 5.76. The average molecular weight is 272 g/mol. The van der Waals surface area contributed by atoms with Crippen LogP contribution < -0.4 is 5.73 Å². The van der Waals surface area contributed by atoms with E-state index in [1.807, 2.05) is 24.3 Å². The van der Waals surface area contributed by atoms with Crippen LogP contribution in [0, 0.1) is 0 Å². The molecule has 0 saturated carbocycles. The summed E-state index contributed by atoms with van der Waals surface area (Å²) in [6.45, 7) is 9.55. The van der Waals surface area contributed by atoms with Gasteiger partial charge < -0.3 is 10.2 Å². The van der Waals surface area contributed by atoms with Crippen LogP contribution in [0.25, 0.3) is 0 Å². The Labute approximate surface area is 121 Å². The molecule has 20 heavy (non-hydrogen) atoms. The van der Waals surface area contributed by atoms with Crippen LogP contribution in [0.5, 0.6) is 0 Å². The van der Waals surface area contributed by atoms with Gasteiger partial charge in [0.1, 0.15) is 5.76 Å². The molecule has 0 aliphatic rings. The summed E-state index contributed by atoms with van der Waals surface area (Å²) < 4.78 is 5.44. The van der Waals surface area contributed by atoms with Crippen LogP contribution in [-0.2, 0) is 12.0 Å². The van der Waals surface area contributed by atoms with E-state index in [2.05, 4.69) is 37.8 Å². The highest BCUT2D eigenvalue weighted by Gasteiger charge is 2.23. The summed E-state index contributed by atoms with van der Waals surface area (Å²) in [4.78, 5) is 2.40. The molecule has 0 bridgehead atoms. The Balaban J connectivity index is 2.06. The van der Waals surface area contributed by atoms with E-state index in [9.17, 15) is 0 Å². The summed E-state index contributed by atoms with van der Waals surface area (Å²) >= 11 is 0. The third-order valence-corrected chi connectivity index (χ3v) is 3.72. The monoisotopic (exact) mass is 272 g/mol. The first-order valence-electron chi connectivity index (χ1n) is 7.12. The van der Waals surface area contributed by atoms with Crippen molar-refractivity contribution in [1.82, 2.24) is 4.90 Å². The lowest BCUT2D eigenvalue weighted by Crippen LogP contribution is -2.36. The summed E-state index contributed by atoms with van der Waals surface area (Å²) in [6, 6.07) is 12.2. The van der Waals surface area contributed by atoms with Crippen molar-refractivity contribution in [1.29, 1.82) is 0 Å². The fourth-order valence-electron chi connectivity index (χ4n) is 2.49. The van der Waals surface area contributed by atoms with Gasteiger partial charge in [0.2, 0.25) is 0 Å². The zero-order valence-electron chi connectivity index (χ0n) is 12.6. The van der Waals surface area contributed by atoms with Gasteiger partial charge in [-0.15, -0.1) is 0 Å². The van der Waals surface area contributed by atoms with Crippen molar-refractivity contribution >= 4 is 5.69 Å². The van der Waals surface area contributed by atoms with Gasteiger partial charge in [0.05, 0.1) is 12.8 Å². The predicted octanol–water partition coefficient (Wildman–Crippen LogP) is 3.66. The molecule has 0 unspecified atom stereocenters. The van der Waals surface area contributed by atoms with E-state index >= 15 is 0 Å². The van der Waals surface area contributed by atoms with Crippen LogP contribution in [-0.4, -0.2) is 18.0 Å². The van der Waals surface area contributed by atoms with Crippen molar-refractivity contribution in [2.75, 3.05) is 18.8 Å². The SMILES string of the molecule is CCN(Cc1ccco1)CC(C)(C)c1ccc(N)cc1. The molecule has 108 valence electrons. The summed E-state index contributed by atoms with van der Waals surface area (Å²) in [5.41, 5.74) is 7.97. The highest BCUT2D eigenvalue weighted by Crippen LogP contribution is 2.25. The molecule has 1 aromatic heterocycles. The Kier molecular flexibility index (Phi) is 4.50. The molecule has 0 aliphatic carbocycles. The maximum absolute atomic E-state index is 5.76. The molecule has 0 saturated heterocycles. The second-order valence-corrected chi connectivity index (χ2v) is 5.89. The number of hydrogen-bond donors (Lipinski definition) is 1. The Morgan fingerprint density at radius 2 is 1.85 bits per heavy atom. The Morgan fingerprint density at radius 3 is 2.40 bits per heavy atom. The standard InChI is InChI=1S/C17H24N2O/c1-4-19(12-16-6-5-11-20-16)13-17(2,3)14-7-9-15(18)10-8-14/h5-11H,4,12-13,18H2,1-3H3. The van der Waals surface area contributed by atoms with E-state index in [4.69, 9.17) is 10.2 Å². The Hall–Kier alpha value is -1.74. The number of nitrogens with two attached hydrogens (primary N) is 1. The molecule has 0 radical (unpaired) electrons. The van der Waals surface area contributed by atoms with Gasteiger partial charge in [0.25, 0.3) is 0 Å². The molecular formula is C17H24N2O. The fourth-order valence-corrected chi connectivity index (χ4v) is 2.49. The minimum Gasteiger partial charge on any atom is -0.468 e. The van der Waals surface area contributed by atoms with Crippen molar-refractivity contribution in [2.45, 2.75) is 32.7 Å². The Bertz CT molecular complexity index is 514. The molecule has 3 heteroatoms. The van der Waals surface area contributed by atoms with E-state index in [0.29, 0.717) is 0 Å². The lowest BCUT2D eigenvalue weighted by molar-refractivity contribution is 0.210. The molecule has 1 heterocycles. The van der Waals surface area contributed by atoms with Crippen molar-refractivity contribution in [3.63, 3.8) is 0 Å². The summed E-state index contributed by atoms with van der Waals surface area (Å²) in [7, 11) is 0. The van der Waals surface area contributed by atoms with Crippen molar-refractivity contribution in [3.05, 3.63) is 54.0 Å². The highest BCUT2D eigenvalue weighted by atomic mass is 16.3. The smallest absolute Gasteiger partial charge is 0.117 e. The van der Waals surface area contributed by atoms with Gasteiger partial charge in [-0.2, -0.15) is 0 Å². The van der Waals surface area contributed by atoms with Crippen LogP contribution in [0.4, 0.5) is 5.69 Å². The van der Waals surface area contributed by atoms with Gasteiger partial charge in [-0.05, 0) is 36.4 Å². The van der Waals surface area contributed by atoms with E-state index in [1.54, 1.807) is 6.26 Å². The topological polar surface area (TPSA) is 42.4 Å². The predicted molar refractivity (Wildman–Crippen MR) is 83.5 cm³/mol. The lowest BCUT2D eigenvalue weighted by atomic mass is 9.84. The zero-order valence-corrected chi connectivity index (χ0v) is 12.6. The van der Waals surface area contributed by atoms with E-state index in [-0.39, 0.29) is 5.41 Å². The first-order chi connectivity index (χ1) is 9.51. The minimum absolute atomic E-state index is 0.0797. The third kappa shape index (κ3) is 3.64. The number of nitrogen functional groups attached to an aromatic ring is 1. The van der Waals surface area contributed by atoms with Gasteiger partial charge in [-0.1, -0.05) is 32.9 Å². The van der Waals surface area contributed by atoms with Crippen LogP contribution in [0.1, 0.15) is 32.1 Å². The molecule has 0 amide bonds. The molecule has 1 aromatic carbocycles. The first-order valence-corrected chi connectivity index (χ1v) is 7.12. The number of benzene rings is 1. The lowest BCUT2D eigenvalue weighted by Gasteiger charge is -2.32. The summed E-state index contributed by atoms with van der Waals surface area (Å²) in [6.07, 6.45) is 1.73. The number of hydrogen-bond acceptors (Lipinski definition) is 3. The molecule has 0 fully saturated rings. The van der Waals surface area contributed by atoms with Crippen molar-refractivity contribution < 1.29 is 4.42 Å². The number of rotatable bonds is 6.